The van der Waals surface area contributed by atoms with Crippen molar-refractivity contribution in [2.45, 2.75) is 49.4 Å². The summed E-state index contributed by atoms with van der Waals surface area (Å²) >= 11 is 6.01. The van der Waals surface area contributed by atoms with E-state index in [4.69, 9.17) is 35.7 Å². The van der Waals surface area contributed by atoms with Crippen LogP contribution in [-0.2, 0) is 10.2 Å². The Morgan fingerprint density at radius 2 is 1.77 bits per heavy atom. The molecule has 10 nitrogen and oxygen atoms in total. The number of aromatic nitrogens is 1. The minimum Gasteiger partial charge on any atom is -0.493 e. The number of carboxylic acid groups (broad SMARTS) is 1. The average molecular weight is 589 g/mol. The lowest BCUT2D eigenvalue weighted by Gasteiger charge is -2.45. The van der Waals surface area contributed by atoms with Crippen molar-refractivity contribution in [3.05, 3.63) is 41.0 Å². The van der Waals surface area contributed by atoms with Gasteiger partial charge in [-0.1, -0.05) is 17.7 Å². The number of aliphatic carboxylic acids is 1. The minimum absolute atomic E-state index is 0.0367. The molecular formula is C26H32ClF3N4O6. The van der Waals surface area contributed by atoms with Crippen LogP contribution in [-0.4, -0.2) is 80.2 Å². The summed E-state index contributed by atoms with van der Waals surface area (Å²) in [4.78, 5) is 28.0. The number of halogens is 4. The summed E-state index contributed by atoms with van der Waals surface area (Å²) in [6, 6.07) is 9.64. The van der Waals surface area contributed by atoms with Gasteiger partial charge in [0, 0.05) is 23.6 Å². The molecule has 40 heavy (non-hydrogen) atoms. The molecule has 0 bridgehead atoms. The average Bonchev–Trinajstić information content (AvgIpc) is 3.24. The molecule has 3 N–H and O–H groups in total. The molecule has 1 saturated carbocycles. The van der Waals surface area contributed by atoms with Gasteiger partial charge in [0.15, 0.2) is 11.5 Å². The highest BCUT2D eigenvalue weighted by molar-refractivity contribution is 6.29. The highest BCUT2D eigenvalue weighted by Crippen LogP contribution is 2.49. The number of amides is 2. The van der Waals surface area contributed by atoms with Gasteiger partial charge in [-0.05, 0) is 63.0 Å². The lowest BCUT2D eigenvalue weighted by Crippen LogP contribution is -2.52. The number of rotatable bonds is 6. The first kappa shape index (κ1) is 31.1. The first-order valence-corrected chi connectivity index (χ1v) is 12.7. The summed E-state index contributed by atoms with van der Waals surface area (Å²) in [5, 5.41) is 13.4. The molecule has 1 saturated heterocycles. The van der Waals surface area contributed by atoms with Gasteiger partial charge in [0.1, 0.15) is 5.15 Å². The molecule has 2 aliphatic rings. The predicted octanol–water partition coefficient (Wildman–Crippen LogP) is 4.71. The van der Waals surface area contributed by atoms with Crippen molar-refractivity contribution in [2.75, 3.05) is 40.2 Å². The number of likely N-dealkylation sites (N-methyl/N-ethyl adjacent to an activating group) is 1. The Morgan fingerprint density at radius 1 is 1.10 bits per heavy atom. The summed E-state index contributed by atoms with van der Waals surface area (Å²) in [7, 11) is 7.00. The summed E-state index contributed by atoms with van der Waals surface area (Å²) in [6.07, 6.45) is -1.25. The van der Waals surface area contributed by atoms with E-state index in [-0.39, 0.29) is 22.6 Å². The van der Waals surface area contributed by atoms with Crippen LogP contribution < -0.4 is 24.8 Å². The van der Waals surface area contributed by atoms with Crippen LogP contribution in [0.15, 0.2) is 30.3 Å². The van der Waals surface area contributed by atoms with Crippen molar-refractivity contribution in [1.82, 2.24) is 15.2 Å². The van der Waals surface area contributed by atoms with Crippen molar-refractivity contribution in [1.29, 1.82) is 0 Å². The number of fused-ring (bicyclic) bond motifs is 1. The van der Waals surface area contributed by atoms with E-state index in [9.17, 15) is 18.0 Å². The maximum absolute atomic E-state index is 12.7. The van der Waals surface area contributed by atoms with Crippen LogP contribution in [0.5, 0.6) is 17.4 Å². The van der Waals surface area contributed by atoms with Crippen LogP contribution in [0, 0.1) is 0 Å². The number of likely N-dealkylation sites (tertiary alicyclic amines) is 1. The number of anilines is 1. The van der Waals surface area contributed by atoms with Crippen molar-refractivity contribution in [3.63, 3.8) is 0 Å². The number of carbonyl (C=O) groups is 2. The number of carbonyl (C=O) groups excluding carboxylic acids is 1. The smallest absolute Gasteiger partial charge is 0.490 e. The molecule has 0 spiro atoms. The standard InChI is InChI=1S/C24H31ClN4O4.C2HF3O2/c1-29-10-9-24(15-5-6-18(31-2)19(11-15)32-3)8-7-16(12-20(24)29)26-23(30)27-17-13-21(25)28-22(14-17)33-4;3-2(4,5)1(6)7/h5-6,11,13-14,16,20H,7-10,12H2,1-4H3,(H2,26,27,28,30);(H,6,7). The van der Waals surface area contributed by atoms with Gasteiger partial charge in [-0.25, -0.2) is 14.6 Å². The Balaban J connectivity index is 0.000000559. The number of carboxylic acids is 1. The molecule has 2 heterocycles. The van der Waals surface area contributed by atoms with Gasteiger partial charge in [-0.2, -0.15) is 13.2 Å². The largest absolute Gasteiger partial charge is 0.493 e. The second-order valence-corrected chi connectivity index (χ2v) is 9.95. The first-order valence-electron chi connectivity index (χ1n) is 12.3. The van der Waals surface area contributed by atoms with Gasteiger partial charge < -0.3 is 34.9 Å². The van der Waals surface area contributed by atoms with E-state index in [2.05, 4.69) is 39.7 Å². The van der Waals surface area contributed by atoms with Crippen LogP contribution in [0.2, 0.25) is 5.15 Å². The fourth-order valence-corrected chi connectivity index (χ4v) is 5.60. The Morgan fingerprint density at radius 3 is 2.38 bits per heavy atom. The molecule has 2 fully saturated rings. The first-order chi connectivity index (χ1) is 18.8. The van der Waals surface area contributed by atoms with E-state index in [0.29, 0.717) is 17.6 Å². The van der Waals surface area contributed by atoms with Gasteiger partial charge in [-0.3, -0.25) is 0 Å². The molecule has 2 aromatic rings. The van der Waals surface area contributed by atoms with E-state index in [1.165, 1.54) is 12.7 Å². The molecule has 0 radical (unpaired) electrons. The Kier molecular flexibility index (Phi) is 9.96. The molecule has 1 aliphatic heterocycles. The summed E-state index contributed by atoms with van der Waals surface area (Å²) in [5.74, 6) is -0.917. The summed E-state index contributed by atoms with van der Waals surface area (Å²) in [6.45, 7) is 1.02. The van der Waals surface area contributed by atoms with Crippen LogP contribution in [0.3, 0.4) is 0 Å². The maximum Gasteiger partial charge on any atom is 0.490 e. The Bertz CT molecular complexity index is 1220. The number of hydrogen-bond acceptors (Lipinski definition) is 7. The number of nitrogens with zero attached hydrogens (tertiary/aromatic N) is 2. The van der Waals surface area contributed by atoms with E-state index in [1.54, 1.807) is 26.4 Å². The van der Waals surface area contributed by atoms with Crippen LogP contribution in [0.4, 0.5) is 23.7 Å². The van der Waals surface area contributed by atoms with E-state index >= 15 is 0 Å². The quantitative estimate of drug-likeness (QED) is 0.415. The highest BCUT2D eigenvalue weighted by atomic mass is 35.5. The molecule has 1 aromatic heterocycles. The molecule has 3 atom stereocenters. The molecule has 220 valence electrons. The second-order valence-electron chi connectivity index (χ2n) is 9.57. The fraction of sp³-hybridized carbons (Fsp3) is 0.500. The van der Waals surface area contributed by atoms with Gasteiger partial charge in [0.05, 0.1) is 27.0 Å². The van der Waals surface area contributed by atoms with Gasteiger partial charge in [0.25, 0.3) is 0 Å². The lowest BCUT2D eigenvalue weighted by atomic mass is 9.65. The van der Waals surface area contributed by atoms with E-state index in [0.717, 1.165) is 43.7 Å². The molecular weight excluding hydrogens is 557 g/mol. The molecule has 1 aromatic carbocycles. The van der Waals surface area contributed by atoms with Crippen LogP contribution in [0.1, 0.15) is 31.2 Å². The zero-order valence-corrected chi connectivity index (χ0v) is 23.2. The SMILES string of the molecule is COc1cc(NC(=O)NC2CCC3(c4ccc(OC)c(OC)c4)CCN(C)C3C2)cc(Cl)n1.O=C(O)C(F)(F)F. The zero-order chi connectivity index (χ0) is 29.7. The second kappa shape index (κ2) is 12.8. The third-order valence-corrected chi connectivity index (χ3v) is 7.49. The number of pyridine rings is 1. The van der Waals surface area contributed by atoms with E-state index < -0.39 is 12.1 Å². The highest BCUT2D eigenvalue weighted by Gasteiger charge is 2.50. The normalized spacial score (nSPS) is 22.3. The number of alkyl halides is 3. The molecule has 1 aliphatic carbocycles. The van der Waals surface area contributed by atoms with Crippen molar-refractivity contribution in [3.8, 4) is 17.4 Å². The number of urea groups is 1. The maximum atomic E-state index is 12.7. The summed E-state index contributed by atoms with van der Waals surface area (Å²) in [5.41, 5.74) is 1.85. The third kappa shape index (κ3) is 7.19. The minimum atomic E-state index is -5.08. The molecule has 4 rings (SSSR count). The monoisotopic (exact) mass is 588 g/mol. The zero-order valence-electron chi connectivity index (χ0n) is 22.5. The van der Waals surface area contributed by atoms with Gasteiger partial charge in [-0.15, -0.1) is 0 Å². The van der Waals surface area contributed by atoms with Crippen molar-refractivity contribution in [2.24, 2.45) is 0 Å². The van der Waals surface area contributed by atoms with Gasteiger partial charge >= 0.3 is 18.2 Å². The molecule has 14 heteroatoms. The summed E-state index contributed by atoms with van der Waals surface area (Å²) < 4.78 is 47.9. The van der Waals surface area contributed by atoms with Crippen LogP contribution >= 0.6 is 11.6 Å². The predicted molar refractivity (Wildman–Crippen MR) is 142 cm³/mol. The van der Waals surface area contributed by atoms with Crippen molar-refractivity contribution >= 4 is 29.3 Å². The Hall–Kier alpha value is -3.45. The van der Waals surface area contributed by atoms with E-state index in [1.807, 2.05) is 6.07 Å². The lowest BCUT2D eigenvalue weighted by molar-refractivity contribution is -0.192. The topological polar surface area (TPSA) is 122 Å². The third-order valence-electron chi connectivity index (χ3n) is 7.30. The van der Waals surface area contributed by atoms with Crippen LogP contribution in [0.25, 0.3) is 0 Å². The number of nitrogens with one attached hydrogen (secondary N) is 2. The number of benzene rings is 1. The number of methoxy groups -OCH3 is 3. The Labute approximate surface area is 234 Å². The van der Waals surface area contributed by atoms with Crippen molar-refractivity contribution < 1.29 is 42.1 Å². The molecule has 2 amide bonds. The molecule has 3 unspecified atom stereocenters. The van der Waals surface area contributed by atoms with Gasteiger partial charge in [0.2, 0.25) is 5.88 Å². The number of hydrogen-bond donors (Lipinski definition) is 3. The number of ether oxygens (including phenoxy) is 3. The fourth-order valence-electron chi connectivity index (χ4n) is 5.40.